The number of amides is 1. The Kier molecular flexibility index (Phi) is 8.92. The Morgan fingerprint density at radius 2 is 1.73 bits per heavy atom. The molecule has 6 nitrogen and oxygen atoms in total. The minimum Gasteiger partial charge on any atom is -0.302 e. The summed E-state index contributed by atoms with van der Waals surface area (Å²) in [6.07, 6.45) is 1.45. The summed E-state index contributed by atoms with van der Waals surface area (Å²) in [7, 11) is -3.42. The zero-order valence-corrected chi connectivity index (χ0v) is 22.0. The van der Waals surface area contributed by atoms with E-state index in [-0.39, 0.29) is 17.2 Å². The number of hydrogen-bond donors (Lipinski definition) is 0. The molecule has 0 spiro atoms. The molecule has 0 aliphatic rings. The molecule has 0 aliphatic carbocycles. The molecule has 0 radical (unpaired) electrons. The summed E-state index contributed by atoms with van der Waals surface area (Å²) >= 11 is 3.13. The lowest BCUT2D eigenvalue weighted by molar-refractivity contribution is -0.118. The van der Waals surface area contributed by atoms with E-state index in [2.05, 4.69) is 30.7 Å². The molecule has 3 aromatic rings. The highest BCUT2D eigenvalue weighted by Crippen LogP contribution is 2.33. The molecule has 178 valence electrons. The van der Waals surface area contributed by atoms with Gasteiger partial charge in [0.25, 0.3) is 0 Å². The zero-order chi connectivity index (χ0) is 24.0. The third-order valence-electron chi connectivity index (χ3n) is 5.43. The van der Waals surface area contributed by atoms with Crippen LogP contribution in [0.1, 0.15) is 26.3 Å². The van der Waals surface area contributed by atoms with Crippen molar-refractivity contribution in [2.75, 3.05) is 43.1 Å². The van der Waals surface area contributed by atoms with Crippen LogP contribution >= 0.6 is 23.1 Å². The Morgan fingerprint density at radius 1 is 1.03 bits per heavy atom. The van der Waals surface area contributed by atoms with Crippen molar-refractivity contribution >= 4 is 54.2 Å². The Balaban J connectivity index is 1.93. The molecule has 0 unspecified atom stereocenters. The van der Waals surface area contributed by atoms with Gasteiger partial charge in [0, 0.05) is 24.2 Å². The van der Waals surface area contributed by atoms with Crippen LogP contribution in [0.4, 0.5) is 5.13 Å². The van der Waals surface area contributed by atoms with Gasteiger partial charge in [-0.05, 0) is 48.7 Å². The molecule has 1 aromatic heterocycles. The minimum absolute atomic E-state index is 0.0435. The summed E-state index contributed by atoms with van der Waals surface area (Å²) in [5.41, 5.74) is 1.38. The predicted octanol–water partition coefficient (Wildman–Crippen LogP) is 4.73. The summed E-state index contributed by atoms with van der Waals surface area (Å²) < 4.78 is 25.2. The van der Waals surface area contributed by atoms with Crippen LogP contribution in [0.5, 0.6) is 0 Å². The number of thioether (sulfide) groups is 1. The predicted molar refractivity (Wildman–Crippen MR) is 139 cm³/mol. The summed E-state index contributed by atoms with van der Waals surface area (Å²) in [6, 6.07) is 13.2. The molecule has 0 aliphatic heterocycles. The van der Waals surface area contributed by atoms with E-state index in [4.69, 9.17) is 0 Å². The quantitative estimate of drug-likeness (QED) is 0.351. The fourth-order valence-electron chi connectivity index (χ4n) is 3.57. The van der Waals surface area contributed by atoms with E-state index < -0.39 is 9.84 Å². The lowest BCUT2D eigenvalue weighted by atomic mass is 10.1. The lowest BCUT2D eigenvalue weighted by Crippen LogP contribution is -2.39. The number of rotatable bonds is 11. The molecular formula is C24H31N3O3S3. The summed E-state index contributed by atoms with van der Waals surface area (Å²) in [5, 5.41) is 0.538. The fourth-order valence-corrected chi connectivity index (χ4v) is 6.17. The van der Waals surface area contributed by atoms with Crippen molar-refractivity contribution in [3.63, 3.8) is 0 Å². The minimum atomic E-state index is -3.42. The number of hydrogen-bond acceptors (Lipinski definition) is 7. The SMILES string of the molecule is CCSc1ccc(CC(=O)N(CCN(CC)CC)c2nc3c(S(C)(=O)=O)cccc3s2)cc1. The molecule has 33 heavy (non-hydrogen) atoms. The van der Waals surface area contributed by atoms with Crippen molar-refractivity contribution < 1.29 is 13.2 Å². The third-order valence-corrected chi connectivity index (χ3v) is 8.49. The number of sulfone groups is 1. The van der Waals surface area contributed by atoms with Crippen molar-refractivity contribution in [2.45, 2.75) is 37.0 Å². The molecular weight excluding hydrogens is 474 g/mol. The zero-order valence-electron chi connectivity index (χ0n) is 19.6. The number of nitrogens with zero attached hydrogens (tertiary/aromatic N) is 3. The summed E-state index contributed by atoms with van der Waals surface area (Å²) in [6.45, 7) is 9.32. The maximum Gasteiger partial charge on any atom is 0.233 e. The van der Waals surface area contributed by atoms with E-state index in [1.165, 1.54) is 22.5 Å². The first-order chi connectivity index (χ1) is 15.8. The van der Waals surface area contributed by atoms with Gasteiger partial charge in [-0.2, -0.15) is 0 Å². The van der Waals surface area contributed by atoms with Gasteiger partial charge in [0.1, 0.15) is 5.52 Å². The molecule has 3 rings (SSSR count). The number of benzene rings is 2. The molecule has 1 heterocycles. The van der Waals surface area contributed by atoms with Gasteiger partial charge in [0.15, 0.2) is 15.0 Å². The van der Waals surface area contributed by atoms with E-state index in [1.54, 1.807) is 28.8 Å². The number of likely N-dealkylation sites (N-methyl/N-ethyl adjacent to an activating group) is 1. The van der Waals surface area contributed by atoms with Crippen LogP contribution in [0.15, 0.2) is 52.3 Å². The topological polar surface area (TPSA) is 70.6 Å². The molecule has 0 bridgehead atoms. The van der Waals surface area contributed by atoms with Gasteiger partial charge in [-0.15, -0.1) is 11.8 Å². The molecule has 9 heteroatoms. The Labute approximate surface area is 204 Å². The maximum atomic E-state index is 13.4. The van der Waals surface area contributed by atoms with Crippen molar-refractivity contribution in [3.8, 4) is 0 Å². The molecule has 0 atom stereocenters. The number of para-hydroxylation sites is 1. The smallest absolute Gasteiger partial charge is 0.233 e. The fraction of sp³-hybridized carbons (Fsp3) is 0.417. The Morgan fingerprint density at radius 3 is 2.33 bits per heavy atom. The molecule has 0 saturated carbocycles. The number of anilines is 1. The van der Waals surface area contributed by atoms with Gasteiger partial charge in [-0.3, -0.25) is 9.69 Å². The number of thiazole rings is 1. The van der Waals surface area contributed by atoms with Gasteiger partial charge >= 0.3 is 0 Å². The van der Waals surface area contributed by atoms with Crippen LogP contribution in [0.25, 0.3) is 10.2 Å². The van der Waals surface area contributed by atoms with Crippen LogP contribution in [0.3, 0.4) is 0 Å². The van der Waals surface area contributed by atoms with E-state index in [0.717, 1.165) is 35.7 Å². The van der Waals surface area contributed by atoms with Crippen LogP contribution in [0, 0.1) is 0 Å². The van der Waals surface area contributed by atoms with Gasteiger partial charge in [0.2, 0.25) is 5.91 Å². The van der Waals surface area contributed by atoms with E-state index >= 15 is 0 Å². The molecule has 0 N–H and O–H groups in total. The van der Waals surface area contributed by atoms with Crippen molar-refractivity contribution in [1.29, 1.82) is 0 Å². The summed E-state index contributed by atoms with van der Waals surface area (Å²) in [4.78, 5) is 23.4. The Bertz CT molecular complexity index is 1190. The van der Waals surface area contributed by atoms with Gasteiger partial charge < -0.3 is 4.90 Å². The second-order valence-electron chi connectivity index (χ2n) is 7.70. The second kappa shape index (κ2) is 11.5. The number of fused-ring (bicyclic) bond motifs is 1. The van der Waals surface area contributed by atoms with E-state index in [0.29, 0.717) is 17.2 Å². The average molecular weight is 506 g/mol. The first kappa shape index (κ1) is 25.7. The number of carbonyl (C=O) groups excluding carboxylic acids is 1. The van der Waals surface area contributed by atoms with Gasteiger partial charge in [-0.1, -0.05) is 50.3 Å². The first-order valence-electron chi connectivity index (χ1n) is 11.1. The highest BCUT2D eigenvalue weighted by Gasteiger charge is 2.23. The van der Waals surface area contributed by atoms with E-state index in [1.807, 2.05) is 30.3 Å². The average Bonchev–Trinajstić information content (AvgIpc) is 3.21. The van der Waals surface area contributed by atoms with Crippen molar-refractivity contribution in [3.05, 3.63) is 48.0 Å². The highest BCUT2D eigenvalue weighted by atomic mass is 32.2. The molecule has 2 aromatic carbocycles. The maximum absolute atomic E-state index is 13.4. The normalized spacial score (nSPS) is 11.9. The van der Waals surface area contributed by atoms with Gasteiger partial charge in [-0.25, -0.2) is 13.4 Å². The number of carbonyl (C=O) groups is 1. The molecule has 0 saturated heterocycles. The lowest BCUT2D eigenvalue weighted by Gasteiger charge is -2.24. The van der Waals surface area contributed by atoms with Crippen LogP contribution in [0.2, 0.25) is 0 Å². The van der Waals surface area contributed by atoms with E-state index in [9.17, 15) is 13.2 Å². The Hall–Kier alpha value is -1.94. The van der Waals surface area contributed by atoms with Crippen LogP contribution < -0.4 is 4.90 Å². The number of aromatic nitrogens is 1. The van der Waals surface area contributed by atoms with Crippen LogP contribution in [-0.2, 0) is 21.1 Å². The summed E-state index contributed by atoms with van der Waals surface area (Å²) in [5.74, 6) is 0.961. The first-order valence-corrected chi connectivity index (χ1v) is 14.8. The third kappa shape index (κ3) is 6.56. The largest absolute Gasteiger partial charge is 0.302 e. The van der Waals surface area contributed by atoms with Crippen LogP contribution in [-0.4, -0.2) is 62.4 Å². The molecule has 0 fully saturated rings. The van der Waals surface area contributed by atoms with Crippen molar-refractivity contribution in [2.24, 2.45) is 0 Å². The highest BCUT2D eigenvalue weighted by molar-refractivity contribution is 7.99. The molecule has 1 amide bonds. The van der Waals surface area contributed by atoms with Gasteiger partial charge in [0.05, 0.1) is 16.0 Å². The van der Waals surface area contributed by atoms with Crippen molar-refractivity contribution in [1.82, 2.24) is 9.88 Å². The standard InChI is InChI=1S/C24H31N3O3S3/c1-5-26(6-2)15-16-27(22(28)17-18-11-13-19(14-12-18)31-7-3)24-25-23-20(32-24)9-8-10-21(23)33(4,29)30/h8-14H,5-7,15-17H2,1-4H3. The monoisotopic (exact) mass is 505 g/mol. The second-order valence-corrected chi connectivity index (χ2v) is 12.0.